The third kappa shape index (κ3) is 3.74. The molecular weight excluding hydrogens is 388 g/mol. The molecule has 4 aliphatic rings. The number of rotatable bonds is 5. The van der Waals surface area contributed by atoms with Crippen molar-refractivity contribution >= 4 is 17.7 Å². The lowest BCUT2D eigenvalue weighted by atomic mass is 10.0. The van der Waals surface area contributed by atoms with Crippen molar-refractivity contribution in [2.24, 2.45) is 0 Å². The van der Waals surface area contributed by atoms with Crippen LogP contribution in [-0.4, -0.2) is 73.2 Å². The first kappa shape index (κ1) is 19.6. The first-order valence-corrected chi connectivity index (χ1v) is 10.5. The van der Waals surface area contributed by atoms with Crippen LogP contribution in [0.2, 0.25) is 0 Å². The Morgan fingerprint density at radius 1 is 1.17 bits per heavy atom. The van der Waals surface area contributed by atoms with Crippen LogP contribution >= 0.6 is 0 Å². The van der Waals surface area contributed by atoms with Gasteiger partial charge in [-0.05, 0) is 23.6 Å². The van der Waals surface area contributed by atoms with Gasteiger partial charge < -0.3 is 25.0 Å². The van der Waals surface area contributed by atoms with E-state index in [1.165, 1.54) is 0 Å². The molecule has 0 bridgehead atoms. The zero-order valence-electron chi connectivity index (χ0n) is 16.7. The number of ether oxygens (including phenoxy) is 2. The Labute approximate surface area is 174 Å². The molecule has 3 N–H and O–H groups in total. The molecule has 9 heteroatoms. The molecular formula is C21H26N4O5. The van der Waals surface area contributed by atoms with Crippen molar-refractivity contribution in [2.75, 3.05) is 26.2 Å². The summed E-state index contributed by atoms with van der Waals surface area (Å²) in [6.07, 6.45) is 0.971. The third-order valence-electron chi connectivity index (χ3n) is 6.26. The highest BCUT2D eigenvalue weighted by atomic mass is 16.6. The molecule has 0 saturated carbocycles. The minimum atomic E-state index is -0.582. The molecule has 1 aromatic rings. The average Bonchev–Trinajstić information content (AvgIpc) is 3.32. The van der Waals surface area contributed by atoms with Crippen molar-refractivity contribution in [1.82, 2.24) is 20.9 Å². The van der Waals surface area contributed by atoms with E-state index in [4.69, 9.17) is 9.47 Å². The molecule has 4 atom stereocenters. The number of hydrogen-bond acceptors (Lipinski definition) is 7. The Hall–Kier alpha value is -2.33. The SMILES string of the molecule is O=C1CCC(N2Cc3cc(CNCC4COC5CNCC5O4)ccc3C2=O)C(=O)N1. The predicted molar refractivity (Wildman–Crippen MR) is 105 cm³/mol. The molecule has 3 saturated heterocycles. The highest BCUT2D eigenvalue weighted by molar-refractivity contribution is 6.05. The van der Waals surface area contributed by atoms with E-state index in [-0.39, 0.29) is 42.5 Å². The van der Waals surface area contributed by atoms with Crippen LogP contribution in [0.15, 0.2) is 18.2 Å². The smallest absolute Gasteiger partial charge is 0.255 e. The molecule has 3 fully saturated rings. The number of imide groups is 1. The molecule has 9 nitrogen and oxygen atoms in total. The summed E-state index contributed by atoms with van der Waals surface area (Å²) in [4.78, 5) is 37.9. The van der Waals surface area contributed by atoms with Crippen molar-refractivity contribution in [3.05, 3.63) is 34.9 Å². The lowest BCUT2D eigenvalue weighted by molar-refractivity contribution is -0.158. The summed E-state index contributed by atoms with van der Waals surface area (Å²) in [7, 11) is 0. The Morgan fingerprint density at radius 2 is 2.03 bits per heavy atom. The van der Waals surface area contributed by atoms with Crippen molar-refractivity contribution in [1.29, 1.82) is 0 Å². The first-order chi connectivity index (χ1) is 14.6. The summed E-state index contributed by atoms with van der Waals surface area (Å²) < 4.78 is 11.9. The van der Waals surface area contributed by atoms with Gasteiger partial charge in [-0.2, -0.15) is 0 Å². The number of nitrogens with zero attached hydrogens (tertiary/aromatic N) is 1. The van der Waals surface area contributed by atoms with Crippen molar-refractivity contribution in [2.45, 2.75) is 50.3 Å². The van der Waals surface area contributed by atoms with Gasteiger partial charge in [0.1, 0.15) is 6.04 Å². The number of carbonyl (C=O) groups is 3. The number of hydrogen-bond donors (Lipinski definition) is 3. The maximum atomic E-state index is 12.8. The number of amides is 3. The molecule has 3 amide bonds. The van der Waals surface area contributed by atoms with Crippen LogP contribution in [0.1, 0.15) is 34.3 Å². The normalized spacial score (nSPS) is 30.9. The number of piperidine rings is 1. The fraction of sp³-hybridized carbons (Fsp3) is 0.571. The standard InChI is InChI=1S/C21H26N4O5/c26-19-4-3-16(20(27)24-19)25-10-13-5-12(1-2-15(13)21(25)28)6-22-7-14-11-29-17-8-23-9-18(17)30-14/h1-2,5,14,16-18,22-23H,3-4,6-11H2,(H,24,26,27). The van der Waals surface area contributed by atoms with E-state index in [0.29, 0.717) is 38.2 Å². The van der Waals surface area contributed by atoms with E-state index in [2.05, 4.69) is 16.0 Å². The van der Waals surface area contributed by atoms with Gasteiger partial charge in [-0.15, -0.1) is 0 Å². The monoisotopic (exact) mass is 414 g/mol. The van der Waals surface area contributed by atoms with Gasteiger partial charge in [0.15, 0.2) is 0 Å². The summed E-state index contributed by atoms with van der Waals surface area (Å²) in [5, 5.41) is 9.03. The van der Waals surface area contributed by atoms with Crippen molar-refractivity contribution in [3.63, 3.8) is 0 Å². The van der Waals surface area contributed by atoms with E-state index in [9.17, 15) is 14.4 Å². The van der Waals surface area contributed by atoms with Gasteiger partial charge in [0.05, 0.1) is 24.9 Å². The van der Waals surface area contributed by atoms with Crippen LogP contribution < -0.4 is 16.0 Å². The Balaban J connectivity index is 1.16. The average molecular weight is 414 g/mol. The van der Waals surface area contributed by atoms with Gasteiger partial charge in [0.25, 0.3) is 5.91 Å². The molecule has 4 heterocycles. The second kappa shape index (κ2) is 8.07. The third-order valence-corrected chi connectivity index (χ3v) is 6.26. The molecule has 1 aromatic carbocycles. The second-order valence-electron chi connectivity index (χ2n) is 8.35. The second-order valence-corrected chi connectivity index (χ2v) is 8.35. The van der Waals surface area contributed by atoms with Gasteiger partial charge >= 0.3 is 0 Å². The predicted octanol–water partition coefficient (Wildman–Crippen LogP) is -0.707. The van der Waals surface area contributed by atoms with Crippen LogP contribution in [0.5, 0.6) is 0 Å². The highest BCUT2D eigenvalue weighted by Gasteiger charge is 2.39. The summed E-state index contributed by atoms with van der Waals surface area (Å²) >= 11 is 0. The van der Waals surface area contributed by atoms with Gasteiger partial charge in [-0.25, -0.2) is 0 Å². The van der Waals surface area contributed by atoms with E-state index >= 15 is 0 Å². The molecule has 160 valence electrons. The summed E-state index contributed by atoms with van der Waals surface area (Å²) in [6, 6.07) is 5.20. The Kier molecular flexibility index (Phi) is 5.28. The lowest BCUT2D eigenvalue weighted by Gasteiger charge is -2.32. The van der Waals surface area contributed by atoms with Gasteiger partial charge in [-0.1, -0.05) is 12.1 Å². The number of carbonyl (C=O) groups excluding carboxylic acids is 3. The van der Waals surface area contributed by atoms with E-state index in [1.807, 2.05) is 18.2 Å². The van der Waals surface area contributed by atoms with Crippen molar-refractivity contribution < 1.29 is 23.9 Å². The van der Waals surface area contributed by atoms with E-state index in [1.54, 1.807) is 4.90 Å². The minimum absolute atomic E-state index is 0.0326. The molecule has 5 rings (SSSR count). The fourth-order valence-electron chi connectivity index (χ4n) is 4.67. The molecule has 30 heavy (non-hydrogen) atoms. The first-order valence-electron chi connectivity index (χ1n) is 10.5. The van der Waals surface area contributed by atoms with E-state index < -0.39 is 6.04 Å². The highest BCUT2D eigenvalue weighted by Crippen LogP contribution is 2.28. The fourth-order valence-corrected chi connectivity index (χ4v) is 4.67. The van der Waals surface area contributed by atoms with Gasteiger partial charge in [-0.3, -0.25) is 19.7 Å². The minimum Gasteiger partial charge on any atom is -0.371 e. The molecule has 0 spiro atoms. The maximum absolute atomic E-state index is 12.8. The Morgan fingerprint density at radius 3 is 2.90 bits per heavy atom. The lowest BCUT2D eigenvalue weighted by Crippen LogP contribution is -2.52. The number of benzene rings is 1. The largest absolute Gasteiger partial charge is 0.371 e. The van der Waals surface area contributed by atoms with E-state index in [0.717, 1.165) is 24.2 Å². The van der Waals surface area contributed by atoms with Gasteiger partial charge in [0.2, 0.25) is 11.8 Å². The molecule has 0 aromatic heterocycles. The quantitative estimate of drug-likeness (QED) is 0.547. The van der Waals surface area contributed by atoms with Crippen molar-refractivity contribution in [3.8, 4) is 0 Å². The van der Waals surface area contributed by atoms with Gasteiger partial charge in [0, 0.05) is 44.7 Å². The molecule has 0 radical (unpaired) electrons. The zero-order chi connectivity index (χ0) is 20.7. The van der Waals surface area contributed by atoms with Crippen LogP contribution in [-0.2, 0) is 32.2 Å². The summed E-state index contributed by atoms with van der Waals surface area (Å²) in [6.45, 7) is 4.03. The molecule has 4 unspecified atom stereocenters. The molecule has 0 aliphatic carbocycles. The number of nitrogens with one attached hydrogen (secondary N) is 3. The van der Waals surface area contributed by atoms with Crippen LogP contribution in [0, 0.1) is 0 Å². The topological polar surface area (TPSA) is 109 Å². The summed E-state index contributed by atoms with van der Waals surface area (Å²) in [5.74, 6) is -0.809. The van der Waals surface area contributed by atoms with Crippen LogP contribution in [0.3, 0.4) is 0 Å². The summed E-state index contributed by atoms with van der Waals surface area (Å²) in [5.41, 5.74) is 2.62. The Bertz CT molecular complexity index is 875. The number of fused-ring (bicyclic) bond motifs is 2. The molecule has 4 aliphatic heterocycles. The zero-order valence-corrected chi connectivity index (χ0v) is 16.7. The van der Waals surface area contributed by atoms with Crippen LogP contribution in [0.4, 0.5) is 0 Å². The van der Waals surface area contributed by atoms with Crippen LogP contribution in [0.25, 0.3) is 0 Å². The maximum Gasteiger partial charge on any atom is 0.255 e.